The summed E-state index contributed by atoms with van der Waals surface area (Å²) >= 11 is 0. The second kappa shape index (κ2) is 4.78. The molecule has 0 aliphatic heterocycles. The first-order valence-corrected chi connectivity index (χ1v) is 5.31. The van der Waals surface area contributed by atoms with Crippen molar-refractivity contribution in [3.05, 3.63) is 0 Å². The van der Waals surface area contributed by atoms with Crippen LogP contribution in [0.15, 0.2) is 0 Å². The number of ether oxygens (including phenoxy) is 2. The molecule has 14 heavy (non-hydrogen) atoms. The first-order valence-electron chi connectivity index (χ1n) is 5.31. The molecule has 0 aromatic heterocycles. The van der Waals surface area contributed by atoms with Crippen LogP contribution in [0.1, 0.15) is 40.5 Å². The number of esters is 1. The minimum atomic E-state index is -0.412. The molecule has 1 aliphatic carbocycles. The molecule has 0 radical (unpaired) electrons. The minimum absolute atomic E-state index is 0.249. The fraction of sp³-hybridized carbons (Fsp3) is 0.909. The van der Waals surface area contributed by atoms with Gasteiger partial charge in [0.25, 0.3) is 0 Å². The van der Waals surface area contributed by atoms with Crippen LogP contribution in [-0.4, -0.2) is 18.4 Å². The van der Waals surface area contributed by atoms with Crippen molar-refractivity contribution in [3.8, 4) is 0 Å². The van der Waals surface area contributed by atoms with E-state index in [9.17, 15) is 4.79 Å². The molecule has 3 heteroatoms. The molecule has 1 rings (SSSR count). The smallest absolute Gasteiger partial charge is 0.304 e. The molecule has 0 aromatic carbocycles. The summed E-state index contributed by atoms with van der Waals surface area (Å²) in [5.74, 6) is 1.01. The van der Waals surface area contributed by atoms with Gasteiger partial charge in [0, 0.05) is 6.92 Å². The maximum atomic E-state index is 10.7. The summed E-state index contributed by atoms with van der Waals surface area (Å²) in [6.45, 7) is 7.60. The van der Waals surface area contributed by atoms with Crippen LogP contribution in [0, 0.1) is 11.8 Å². The summed E-state index contributed by atoms with van der Waals surface area (Å²) in [5, 5.41) is 0. The van der Waals surface area contributed by atoms with Crippen molar-refractivity contribution in [2.45, 2.75) is 52.9 Å². The van der Waals surface area contributed by atoms with E-state index in [2.05, 4.69) is 13.8 Å². The van der Waals surface area contributed by atoms with E-state index in [4.69, 9.17) is 9.47 Å². The molecule has 4 atom stereocenters. The topological polar surface area (TPSA) is 35.5 Å². The lowest BCUT2D eigenvalue weighted by Gasteiger charge is -2.21. The Hall–Kier alpha value is -0.570. The molecule has 0 bridgehead atoms. The summed E-state index contributed by atoms with van der Waals surface area (Å²) in [4.78, 5) is 10.7. The van der Waals surface area contributed by atoms with Gasteiger partial charge in [-0.25, -0.2) is 0 Å². The lowest BCUT2D eigenvalue weighted by Crippen LogP contribution is -2.25. The van der Waals surface area contributed by atoms with Crippen molar-refractivity contribution >= 4 is 5.97 Å². The number of hydrogen-bond acceptors (Lipinski definition) is 3. The van der Waals surface area contributed by atoms with Crippen LogP contribution in [0.2, 0.25) is 0 Å². The second-order valence-electron chi connectivity index (χ2n) is 4.41. The predicted molar refractivity (Wildman–Crippen MR) is 53.7 cm³/mol. The zero-order valence-electron chi connectivity index (χ0n) is 9.45. The average molecular weight is 200 g/mol. The van der Waals surface area contributed by atoms with E-state index in [0.29, 0.717) is 5.92 Å². The largest absolute Gasteiger partial charge is 0.436 e. The zero-order chi connectivity index (χ0) is 10.7. The normalized spacial score (nSPS) is 34.1. The van der Waals surface area contributed by atoms with E-state index >= 15 is 0 Å². The van der Waals surface area contributed by atoms with Crippen molar-refractivity contribution in [2.24, 2.45) is 11.8 Å². The Kier molecular flexibility index (Phi) is 3.93. The summed E-state index contributed by atoms with van der Waals surface area (Å²) in [7, 11) is 0. The Labute approximate surface area is 85.8 Å². The van der Waals surface area contributed by atoms with Crippen LogP contribution in [0.5, 0.6) is 0 Å². The highest BCUT2D eigenvalue weighted by Crippen LogP contribution is 2.33. The zero-order valence-corrected chi connectivity index (χ0v) is 9.45. The van der Waals surface area contributed by atoms with Gasteiger partial charge in [-0.1, -0.05) is 13.8 Å². The third-order valence-electron chi connectivity index (χ3n) is 2.74. The van der Waals surface area contributed by atoms with Gasteiger partial charge < -0.3 is 9.47 Å². The lowest BCUT2D eigenvalue weighted by molar-refractivity contribution is -0.185. The van der Waals surface area contributed by atoms with Crippen molar-refractivity contribution in [1.82, 2.24) is 0 Å². The molecule has 1 fully saturated rings. The van der Waals surface area contributed by atoms with Gasteiger partial charge in [-0.2, -0.15) is 0 Å². The summed E-state index contributed by atoms with van der Waals surface area (Å²) < 4.78 is 10.6. The molecule has 0 N–H and O–H groups in total. The van der Waals surface area contributed by atoms with Crippen molar-refractivity contribution < 1.29 is 14.3 Å². The van der Waals surface area contributed by atoms with Gasteiger partial charge in [0.05, 0.1) is 6.10 Å². The minimum Gasteiger partial charge on any atom is -0.436 e. The maximum absolute atomic E-state index is 10.7. The Bertz CT molecular complexity index is 203. The van der Waals surface area contributed by atoms with Gasteiger partial charge in [0.2, 0.25) is 0 Å². The molecule has 0 spiro atoms. The van der Waals surface area contributed by atoms with Crippen LogP contribution < -0.4 is 0 Å². The van der Waals surface area contributed by atoms with E-state index in [1.165, 1.54) is 13.3 Å². The van der Waals surface area contributed by atoms with Crippen LogP contribution in [0.3, 0.4) is 0 Å². The van der Waals surface area contributed by atoms with E-state index in [0.717, 1.165) is 12.3 Å². The van der Waals surface area contributed by atoms with Gasteiger partial charge in [-0.05, 0) is 31.6 Å². The molecule has 0 amide bonds. The SMILES string of the molecule is CC(=O)OC(C)OC1CC(C)CC1C. The fourth-order valence-corrected chi connectivity index (χ4v) is 2.21. The van der Waals surface area contributed by atoms with E-state index in [-0.39, 0.29) is 12.1 Å². The van der Waals surface area contributed by atoms with Gasteiger partial charge in [0.15, 0.2) is 6.29 Å². The van der Waals surface area contributed by atoms with Crippen molar-refractivity contribution in [3.63, 3.8) is 0 Å². The highest BCUT2D eigenvalue weighted by atomic mass is 16.7. The monoisotopic (exact) mass is 200 g/mol. The number of carbonyl (C=O) groups excluding carboxylic acids is 1. The molecule has 4 unspecified atom stereocenters. The number of rotatable bonds is 3. The van der Waals surface area contributed by atoms with Gasteiger partial charge in [0.1, 0.15) is 0 Å². The molecule has 3 nitrogen and oxygen atoms in total. The maximum Gasteiger partial charge on any atom is 0.304 e. The Morgan fingerprint density at radius 3 is 2.43 bits per heavy atom. The molecular weight excluding hydrogens is 180 g/mol. The summed E-state index contributed by atoms with van der Waals surface area (Å²) in [6, 6.07) is 0. The van der Waals surface area contributed by atoms with Gasteiger partial charge in [-0.15, -0.1) is 0 Å². The Balaban J connectivity index is 2.33. The van der Waals surface area contributed by atoms with Crippen LogP contribution in [-0.2, 0) is 14.3 Å². The fourth-order valence-electron chi connectivity index (χ4n) is 2.21. The van der Waals surface area contributed by atoms with Crippen molar-refractivity contribution in [1.29, 1.82) is 0 Å². The molecule has 82 valence electrons. The van der Waals surface area contributed by atoms with Gasteiger partial charge >= 0.3 is 5.97 Å². The molecule has 0 saturated heterocycles. The Morgan fingerprint density at radius 1 is 1.36 bits per heavy atom. The first kappa shape index (κ1) is 11.5. The first-order chi connectivity index (χ1) is 6.49. The summed E-state index contributed by atoms with van der Waals surface area (Å²) in [5.41, 5.74) is 0. The third kappa shape index (κ3) is 3.29. The van der Waals surface area contributed by atoms with Gasteiger partial charge in [-0.3, -0.25) is 4.79 Å². The molecule has 1 aliphatic rings. The molecular formula is C11H20O3. The highest BCUT2D eigenvalue weighted by molar-refractivity contribution is 5.65. The number of hydrogen-bond donors (Lipinski definition) is 0. The highest BCUT2D eigenvalue weighted by Gasteiger charge is 2.30. The average Bonchev–Trinajstić information content (AvgIpc) is 2.28. The molecule has 0 heterocycles. The number of carbonyl (C=O) groups is 1. The third-order valence-corrected chi connectivity index (χ3v) is 2.74. The lowest BCUT2D eigenvalue weighted by atomic mass is 10.1. The molecule has 0 aromatic rings. The van der Waals surface area contributed by atoms with Crippen molar-refractivity contribution in [2.75, 3.05) is 0 Å². The van der Waals surface area contributed by atoms with E-state index < -0.39 is 6.29 Å². The quantitative estimate of drug-likeness (QED) is 0.518. The Morgan fingerprint density at radius 2 is 2.00 bits per heavy atom. The molecule has 1 saturated carbocycles. The van der Waals surface area contributed by atoms with E-state index in [1.807, 2.05) is 0 Å². The summed E-state index contributed by atoms with van der Waals surface area (Å²) in [6.07, 6.45) is 2.12. The van der Waals surface area contributed by atoms with Crippen LogP contribution >= 0.6 is 0 Å². The standard InChI is InChI=1S/C11H20O3/c1-7-5-8(2)11(6-7)14-10(4)13-9(3)12/h7-8,10-11H,5-6H2,1-4H3. The van der Waals surface area contributed by atoms with Crippen LogP contribution in [0.25, 0.3) is 0 Å². The predicted octanol–water partition coefficient (Wildman–Crippen LogP) is 2.35. The second-order valence-corrected chi connectivity index (χ2v) is 4.41. The van der Waals surface area contributed by atoms with E-state index in [1.54, 1.807) is 6.92 Å². The van der Waals surface area contributed by atoms with Crippen LogP contribution in [0.4, 0.5) is 0 Å².